The molecule has 0 amide bonds. The number of rotatable bonds is 4. The smallest absolute Gasteiger partial charge is 0.418 e. The lowest BCUT2D eigenvalue weighted by molar-refractivity contribution is -0.139. The summed E-state index contributed by atoms with van der Waals surface area (Å²) in [6, 6.07) is 5.39. The van der Waals surface area contributed by atoms with Crippen LogP contribution in [0.1, 0.15) is 30.4 Å². The van der Waals surface area contributed by atoms with Gasteiger partial charge in [-0.15, -0.1) is 0 Å². The van der Waals surface area contributed by atoms with Crippen molar-refractivity contribution in [3.63, 3.8) is 0 Å². The van der Waals surface area contributed by atoms with Gasteiger partial charge in [0, 0.05) is 24.8 Å². The summed E-state index contributed by atoms with van der Waals surface area (Å²) in [6.07, 6.45) is -2.54. The number of carboxylic acids is 1. The number of hydrogen-bond donors (Lipinski definition) is 1. The van der Waals surface area contributed by atoms with E-state index in [2.05, 4.69) is 0 Å². The van der Waals surface area contributed by atoms with Gasteiger partial charge in [0.15, 0.2) is 0 Å². The van der Waals surface area contributed by atoms with E-state index in [1.54, 1.807) is 22.9 Å². The molecule has 0 spiro atoms. The highest BCUT2D eigenvalue weighted by Gasteiger charge is 2.35. The van der Waals surface area contributed by atoms with Gasteiger partial charge in [0.05, 0.1) is 23.7 Å². The molecule has 0 aromatic heterocycles. The normalized spacial score (nSPS) is 18.7. The van der Waals surface area contributed by atoms with E-state index < -0.39 is 17.7 Å². The maximum absolute atomic E-state index is 13.4. The van der Waals surface area contributed by atoms with Crippen LogP contribution in [-0.4, -0.2) is 48.7 Å². The number of hydrogen-bond acceptors (Lipinski definition) is 4. The van der Waals surface area contributed by atoms with Crippen molar-refractivity contribution in [1.82, 2.24) is 4.90 Å². The predicted molar refractivity (Wildman–Crippen MR) is 86.3 cm³/mol. The quantitative estimate of drug-likeness (QED) is 0.899. The molecule has 1 saturated heterocycles. The Morgan fingerprint density at radius 2 is 2.12 bits per heavy atom. The van der Waals surface area contributed by atoms with Gasteiger partial charge in [-0.2, -0.15) is 18.4 Å². The molecule has 1 aliphatic heterocycles. The second-order valence-corrected chi connectivity index (χ2v) is 6.22. The summed E-state index contributed by atoms with van der Waals surface area (Å²) in [7, 11) is 1.72. The zero-order valence-corrected chi connectivity index (χ0v) is 13.9. The van der Waals surface area contributed by atoms with Crippen molar-refractivity contribution in [2.75, 3.05) is 31.6 Å². The number of benzene rings is 1. The van der Waals surface area contributed by atoms with E-state index >= 15 is 0 Å². The van der Waals surface area contributed by atoms with E-state index in [4.69, 9.17) is 10.4 Å². The minimum Gasteiger partial charge on any atom is -0.480 e. The fourth-order valence-electron chi connectivity index (χ4n) is 3.21. The minimum absolute atomic E-state index is 0.0221. The van der Waals surface area contributed by atoms with Gasteiger partial charge in [0.1, 0.15) is 0 Å². The fourth-order valence-corrected chi connectivity index (χ4v) is 3.21. The monoisotopic (exact) mass is 355 g/mol. The van der Waals surface area contributed by atoms with E-state index in [-0.39, 0.29) is 23.8 Å². The van der Waals surface area contributed by atoms with E-state index in [1.807, 2.05) is 0 Å². The third-order valence-corrected chi connectivity index (χ3v) is 4.48. The Labute approximate surface area is 144 Å². The minimum atomic E-state index is -4.53. The van der Waals surface area contributed by atoms with Crippen LogP contribution in [0, 0.1) is 11.3 Å². The summed E-state index contributed by atoms with van der Waals surface area (Å²) in [6.45, 7) is 0.783. The van der Waals surface area contributed by atoms with Crippen LogP contribution in [-0.2, 0) is 11.0 Å². The molecule has 1 atom stereocenters. The molecule has 1 fully saturated rings. The Kier molecular flexibility index (Phi) is 5.90. The fraction of sp³-hybridized carbons (Fsp3) is 0.529. The predicted octanol–water partition coefficient (Wildman–Crippen LogP) is 2.95. The molecule has 136 valence electrons. The SMILES string of the molecule is CN(CC(=O)O)C1CCCN(c2ccc(C#N)cc2C(F)(F)F)CC1. The van der Waals surface area contributed by atoms with Crippen molar-refractivity contribution in [3.05, 3.63) is 29.3 Å². The second-order valence-electron chi connectivity index (χ2n) is 6.22. The Hall–Kier alpha value is -2.27. The summed E-state index contributed by atoms with van der Waals surface area (Å²) in [4.78, 5) is 14.2. The lowest BCUT2D eigenvalue weighted by atomic mass is 10.1. The van der Waals surface area contributed by atoms with Crippen molar-refractivity contribution < 1.29 is 23.1 Å². The first kappa shape index (κ1) is 19.1. The first-order valence-corrected chi connectivity index (χ1v) is 8.00. The number of alkyl halides is 3. The summed E-state index contributed by atoms with van der Waals surface area (Å²) in [5.74, 6) is -0.921. The van der Waals surface area contributed by atoms with E-state index in [1.165, 1.54) is 12.1 Å². The van der Waals surface area contributed by atoms with Crippen molar-refractivity contribution >= 4 is 11.7 Å². The van der Waals surface area contributed by atoms with E-state index in [0.717, 1.165) is 12.5 Å². The lowest BCUT2D eigenvalue weighted by Crippen LogP contribution is -2.36. The number of halogens is 3. The highest BCUT2D eigenvalue weighted by Crippen LogP contribution is 2.38. The van der Waals surface area contributed by atoms with Gasteiger partial charge in [0.25, 0.3) is 0 Å². The van der Waals surface area contributed by atoms with Gasteiger partial charge >= 0.3 is 12.1 Å². The Balaban J connectivity index is 2.20. The number of carbonyl (C=O) groups is 1. The first-order chi connectivity index (χ1) is 11.7. The maximum atomic E-state index is 13.4. The van der Waals surface area contributed by atoms with Crippen molar-refractivity contribution in [2.45, 2.75) is 31.5 Å². The highest BCUT2D eigenvalue weighted by molar-refractivity contribution is 5.69. The van der Waals surface area contributed by atoms with Crippen LogP contribution < -0.4 is 4.90 Å². The van der Waals surface area contributed by atoms with E-state index in [9.17, 15) is 18.0 Å². The largest absolute Gasteiger partial charge is 0.480 e. The number of likely N-dealkylation sites (N-methyl/N-ethyl adjacent to an activating group) is 1. The van der Waals surface area contributed by atoms with Gasteiger partial charge in [-0.1, -0.05) is 0 Å². The van der Waals surface area contributed by atoms with Crippen LogP contribution in [0.25, 0.3) is 0 Å². The molecule has 8 heteroatoms. The topological polar surface area (TPSA) is 67.6 Å². The van der Waals surface area contributed by atoms with Crippen LogP contribution in [0.2, 0.25) is 0 Å². The summed E-state index contributed by atoms with van der Waals surface area (Å²) in [5, 5.41) is 17.7. The molecule has 0 bridgehead atoms. The third kappa shape index (κ3) is 4.86. The first-order valence-electron chi connectivity index (χ1n) is 8.00. The average Bonchev–Trinajstić information content (AvgIpc) is 2.79. The molecular weight excluding hydrogens is 335 g/mol. The number of nitrogens with zero attached hydrogens (tertiary/aromatic N) is 3. The summed E-state index contributed by atoms with van der Waals surface area (Å²) < 4.78 is 40.1. The number of anilines is 1. The Morgan fingerprint density at radius 3 is 2.72 bits per heavy atom. The molecule has 1 N–H and O–H groups in total. The molecular formula is C17H20F3N3O2. The van der Waals surface area contributed by atoms with E-state index in [0.29, 0.717) is 25.9 Å². The molecule has 1 aliphatic rings. The van der Waals surface area contributed by atoms with Crippen molar-refractivity contribution in [1.29, 1.82) is 5.26 Å². The number of carboxylic acid groups (broad SMARTS) is 1. The molecule has 5 nitrogen and oxygen atoms in total. The van der Waals surface area contributed by atoms with Gasteiger partial charge in [-0.3, -0.25) is 9.69 Å². The zero-order chi connectivity index (χ0) is 18.6. The molecule has 1 unspecified atom stereocenters. The van der Waals surface area contributed by atoms with Gasteiger partial charge in [-0.25, -0.2) is 0 Å². The van der Waals surface area contributed by atoms with Gasteiger partial charge in [-0.05, 0) is 44.5 Å². The molecule has 2 rings (SSSR count). The highest BCUT2D eigenvalue weighted by atomic mass is 19.4. The molecule has 25 heavy (non-hydrogen) atoms. The molecule has 1 aromatic carbocycles. The van der Waals surface area contributed by atoms with Crippen LogP contribution in [0.4, 0.5) is 18.9 Å². The van der Waals surface area contributed by atoms with Crippen molar-refractivity contribution in [3.8, 4) is 6.07 Å². The second kappa shape index (κ2) is 7.74. The van der Waals surface area contributed by atoms with Gasteiger partial charge < -0.3 is 10.0 Å². The average molecular weight is 355 g/mol. The van der Waals surface area contributed by atoms with Crippen LogP contribution in [0.5, 0.6) is 0 Å². The number of nitriles is 1. The molecule has 0 saturated carbocycles. The van der Waals surface area contributed by atoms with Crippen LogP contribution >= 0.6 is 0 Å². The molecule has 0 aliphatic carbocycles. The molecule has 0 radical (unpaired) electrons. The summed E-state index contributed by atoms with van der Waals surface area (Å²) in [5.41, 5.74) is -0.748. The lowest BCUT2D eigenvalue weighted by Gasteiger charge is -2.28. The third-order valence-electron chi connectivity index (χ3n) is 4.48. The zero-order valence-electron chi connectivity index (χ0n) is 13.9. The van der Waals surface area contributed by atoms with Crippen molar-refractivity contribution in [2.24, 2.45) is 0 Å². The standard InChI is InChI=1S/C17H20F3N3O2/c1-22(11-16(24)25)13-3-2-7-23(8-6-13)15-5-4-12(10-21)9-14(15)17(18,19)20/h4-5,9,13H,2-3,6-8,11H2,1H3,(H,24,25). The Morgan fingerprint density at radius 1 is 1.40 bits per heavy atom. The maximum Gasteiger partial charge on any atom is 0.418 e. The summed E-state index contributed by atoms with van der Waals surface area (Å²) >= 11 is 0. The molecule has 1 heterocycles. The van der Waals surface area contributed by atoms with Gasteiger partial charge in [0.2, 0.25) is 0 Å². The Bertz CT molecular complexity index is 670. The van der Waals surface area contributed by atoms with Crippen LogP contribution in [0.15, 0.2) is 18.2 Å². The molecule has 1 aromatic rings. The van der Waals surface area contributed by atoms with Crippen LogP contribution in [0.3, 0.4) is 0 Å². The number of aliphatic carboxylic acids is 1.